The van der Waals surface area contributed by atoms with Gasteiger partial charge in [-0.1, -0.05) is 42.0 Å². The molecule has 0 unspecified atom stereocenters. The summed E-state index contributed by atoms with van der Waals surface area (Å²) in [7, 11) is -3.67. The Morgan fingerprint density at radius 1 is 0.846 bits per heavy atom. The van der Waals surface area contributed by atoms with Crippen molar-refractivity contribution in [2.75, 3.05) is 4.72 Å². The first kappa shape index (κ1) is 18.1. The first-order valence-electron chi connectivity index (χ1n) is 8.41. The van der Waals surface area contributed by atoms with E-state index in [-0.39, 0.29) is 4.90 Å². The van der Waals surface area contributed by atoms with E-state index in [2.05, 4.69) is 15.8 Å². The zero-order chi connectivity index (χ0) is 18.9. The van der Waals surface area contributed by atoms with Crippen molar-refractivity contribution in [2.45, 2.75) is 32.6 Å². The number of hydrogen-bond donors (Lipinski definition) is 1. The Morgan fingerprint density at radius 3 is 2.19 bits per heavy atom. The lowest BCUT2D eigenvalue weighted by Crippen LogP contribution is -2.14. The highest BCUT2D eigenvalue weighted by molar-refractivity contribution is 7.92. The molecule has 0 saturated carbocycles. The van der Waals surface area contributed by atoms with E-state index in [1.807, 2.05) is 39.8 Å². The fraction of sp³-hybridized carbons (Fsp3) is 0.190. The minimum absolute atomic E-state index is 0.216. The summed E-state index contributed by atoms with van der Waals surface area (Å²) in [5, 5.41) is 0. The van der Waals surface area contributed by atoms with E-state index in [1.165, 1.54) is 5.56 Å². The molecule has 3 aromatic rings. The second kappa shape index (κ2) is 6.92. The summed E-state index contributed by atoms with van der Waals surface area (Å²) in [6, 6.07) is 16.3. The van der Waals surface area contributed by atoms with Crippen molar-refractivity contribution in [1.82, 2.24) is 4.98 Å². The van der Waals surface area contributed by atoms with Crippen molar-refractivity contribution < 1.29 is 8.42 Å². The SMILES string of the molecule is Cc1ccc(-c2nc(NS(=O)(=O)c3ccccc3)cc(C)c2C)c(C)c1. The molecule has 0 radical (unpaired) electrons. The Hall–Kier alpha value is -2.66. The summed E-state index contributed by atoms with van der Waals surface area (Å²) >= 11 is 0. The zero-order valence-corrected chi connectivity index (χ0v) is 16.2. The third kappa shape index (κ3) is 3.63. The lowest BCUT2D eigenvalue weighted by atomic mass is 9.98. The second-order valence-electron chi connectivity index (χ2n) is 6.53. The average Bonchev–Trinajstić information content (AvgIpc) is 2.59. The van der Waals surface area contributed by atoms with Crippen LogP contribution in [0.1, 0.15) is 22.3 Å². The molecule has 0 aliphatic heterocycles. The summed E-state index contributed by atoms with van der Waals surface area (Å²) in [5.74, 6) is 0.326. The average molecular weight is 366 g/mol. The van der Waals surface area contributed by atoms with E-state index in [1.54, 1.807) is 36.4 Å². The van der Waals surface area contributed by atoms with E-state index in [9.17, 15) is 8.42 Å². The molecule has 0 amide bonds. The number of sulfonamides is 1. The molecule has 134 valence electrons. The molecule has 0 fully saturated rings. The molecular weight excluding hydrogens is 344 g/mol. The van der Waals surface area contributed by atoms with Gasteiger partial charge < -0.3 is 0 Å². The molecule has 3 rings (SSSR count). The minimum atomic E-state index is -3.67. The number of anilines is 1. The second-order valence-corrected chi connectivity index (χ2v) is 8.22. The molecule has 0 saturated heterocycles. The van der Waals surface area contributed by atoms with Gasteiger partial charge in [-0.2, -0.15) is 0 Å². The Kier molecular flexibility index (Phi) is 4.83. The van der Waals surface area contributed by atoms with Crippen molar-refractivity contribution in [3.8, 4) is 11.3 Å². The van der Waals surface area contributed by atoms with Gasteiger partial charge in [-0.15, -0.1) is 0 Å². The molecule has 1 N–H and O–H groups in total. The van der Waals surface area contributed by atoms with Gasteiger partial charge in [0.15, 0.2) is 0 Å². The van der Waals surface area contributed by atoms with Gasteiger partial charge in [0.25, 0.3) is 10.0 Å². The van der Waals surface area contributed by atoms with Crippen LogP contribution in [-0.4, -0.2) is 13.4 Å². The van der Waals surface area contributed by atoms with E-state index >= 15 is 0 Å². The van der Waals surface area contributed by atoms with Gasteiger partial charge >= 0.3 is 0 Å². The van der Waals surface area contributed by atoms with Crippen LogP contribution < -0.4 is 4.72 Å². The highest BCUT2D eigenvalue weighted by Crippen LogP contribution is 2.29. The fourth-order valence-electron chi connectivity index (χ4n) is 2.93. The maximum Gasteiger partial charge on any atom is 0.263 e. The molecule has 0 aliphatic carbocycles. The van der Waals surface area contributed by atoms with Gasteiger partial charge in [0.05, 0.1) is 10.6 Å². The Morgan fingerprint density at radius 2 is 1.54 bits per heavy atom. The van der Waals surface area contributed by atoms with Crippen LogP contribution in [0.4, 0.5) is 5.82 Å². The molecule has 1 heterocycles. The van der Waals surface area contributed by atoms with Gasteiger partial charge in [0.1, 0.15) is 5.82 Å². The van der Waals surface area contributed by atoms with Crippen molar-refractivity contribution >= 4 is 15.8 Å². The Balaban J connectivity index is 2.07. The zero-order valence-electron chi connectivity index (χ0n) is 15.4. The molecule has 26 heavy (non-hydrogen) atoms. The molecule has 0 spiro atoms. The highest BCUT2D eigenvalue weighted by Gasteiger charge is 2.17. The van der Waals surface area contributed by atoms with Crippen LogP contribution in [-0.2, 0) is 10.0 Å². The Labute approximate surface area is 155 Å². The summed E-state index contributed by atoms with van der Waals surface area (Å²) < 4.78 is 27.8. The number of benzene rings is 2. The van der Waals surface area contributed by atoms with Gasteiger partial charge in [-0.3, -0.25) is 4.72 Å². The maximum absolute atomic E-state index is 12.6. The Bertz CT molecular complexity index is 1060. The number of rotatable bonds is 4. The van der Waals surface area contributed by atoms with E-state index in [0.717, 1.165) is 27.9 Å². The van der Waals surface area contributed by atoms with E-state index < -0.39 is 10.0 Å². The van der Waals surface area contributed by atoms with Crippen LogP contribution in [0.5, 0.6) is 0 Å². The summed E-state index contributed by atoms with van der Waals surface area (Å²) in [4.78, 5) is 4.83. The quantitative estimate of drug-likeness (QED) is 0.723. The largest absolute Gasteiger partial charge is 0.263 e. The predicted octanol–water partition coefficient (Wildman–Crippen LogP) is 4.78. The maximum atomic E-state index is 12.6. The van der Waals surface area contributed by atoms with Crippen LogP contribution in [0.25, 0.3) is 11.3 Å². The fourth-order valence-corrected chi connectivity index (χ4v) is 3.94. The number of hydrogen-bond acceptors (Lipinski definition) is 3. The minimum Gasteiger partial charge on any atom is -0.263 e. The third-order valence-corrected chi connectivity index (χ3v) is 5.83. The van der Waals surface area contributed by atoms with Crippen molar-refractivity contribution in [1.29, 1.82) is 0 Å². The van der Waals surface area contributed by atoms with Crippen LogP contribution >= 0.6 is 0 Å². The monoisotopic (exact) mass is 366 g/mol. The van der Waals surface area contributed by atoms with E-state index in [4.69, 9.17) is 0 Å². The number of pyridine rings is 1. The third-order valence-electron chi connectivity index (χ3n) is 4.46. The van der Waals surface area contributed by atoms with Gasteiger partial charge in [-0.05, 0) is 62.6 Å². The number of aryl methyl sites for hydroxylation is 3. The molecule has 1 aromatic heterocycles. The molecule has 4 nitrogen and oxygen atoms in total. The molecule has 0 atom stereocenters. The molecule has 5 heteroatoms. The molecule has 0 aliphatic rings. The summed E-state index contributed by atoms with van der Waals surface area (Å²) in [5.41, 5.74) is 6.13. The van der Waals surface area contributed by atoms with Crippen LogP contribution in [0.15, 0.2) is 59.5 Å². The molecule has 2 aromatic carbocycles. The van der Waals surface area contributed by atoms with Gasteiger partial charge in [0, 0.05) is 5.56 Å². The smallest absolute Gasteiger partial charge is 0.263 e. The lowest BCUT2D eigenvalue weighted by molar-refractivity contribution is 0.601. The van der Waals surface area contributed by atoms with Crippen LogP contribution in [0.3, 0.4) is 0 Å². The van der Waals surface area contributed by atoms with E-state index in [0.29, 0.717) is 5.82 Å². The first-order chi connectivity index (χ1) is 12.3. The van der Waals surface area contributed by atoms with Crippen LogP contribution in [0.2, 0.25) is 0 Å². The van der Waals surface area contributed by atoms with Crippen molar-refractivity contribution in [3.63, 3.8) is 0 Å². The lowest BCUT2D eigenvalue weighted by Gasteiger charge is -2.15. The first-order valence-corrected chi connectivity index (χ1v) is 9.90. The normalized spacial score (nSPS) is 11.4. The number of nitrogens with zero attached hydrogens (tertiary/aromatic N) is 1. The number of nitrogens with one attached hydrogen (secondary N) is 1. The predicted molar refractivity (Wildman–Crippen MR) is 106 cm³/mol. The van der Waals surface area contributed by atoms with Gasteiger partial charge in [-0.25, -0.2) is 13.4 Å². The van der Waals surface area contributed by atoms with Crippen LogP contribution in [0, 0.1) is 27.7 Å². The molecule has 0 bridgehead atoms. The number of aromatic nitrogens is 1. The summed E-state index contributed by atoms with van der Waals surface area (Å²) in [6.45, 7) is 8.06. The highest BCUT2D eigenvalue weighted by atomic mass is 32.2. The van der Waals surface area contributed by atoms with Crippen molar-refractivity contribution in [3.05, 3.63) is 76.9 Å². The van der Waals surface area contributed by atoms with Gasteiger partial charge in [0.2, 0.25) is 0 Å². The summed E-state index contributed by atoms with van der Waals surface area (Å²) in [6.07, 6.45) is 0. The standard InChI is InChI=1S/C21H22N2O2S/c1-14-10-11-19(16(3)12-14)21-17(4)15(2)13-20(22-21)23-26(24,25)18-8-6-5-7-9-18/h5-13H,1-4H3,(H,22,23). The molecular formula is C21H22N2O2S. The van der Waals surface area contributed by atoms with Crippen molar-refractivity contribution in [2.24, 2.45) is 0 Å². The topological polar surface area (TPSA) is 59.1 Å².